The number of carbonyl (C=O) groups is 1. The van der Waals surface area contributed by atoms with E-state index in [1.807, 2.05) is 24.3 Å². The highest BCUT2D eigenvalue weighted by molar-refractivity contribution is 7.20. The molecule has 1 aliphatic heterocycles. The molecule has 4 rings (SSSR count). The van der Waals surface area contributed by atoms with Gasteiger partial charge in [0.05, 0.1) is 11.3 Å². The lowest BCUT2D eigenvalue weighted by Crippen LogP contribution is -2.03. The molecule has 1 amide bonds. The third-order valence-electron chi connectivity index (χ3n) is 3.76. The zero-order valence-corrected chi connectivity index (χ0v) is 12.2. The predicted molar refractivity (Wildman–Crippen MR) is 87.3 cm³/mol. The molecule has 0 radical (unpaired) electrons. The van der Waals surface area contributed by atoms with Crippen LogP contribution in [0, 0.1) is 6.92 Å². The Hall–Kier alpha value is -2.46. The lowest BCUT2D eigenvalue weighted by molar-refractivity contribution is -0.110. The Morgan fingerprint density at radius 1 is 1.24 bits per heavy atom. The van der Waals surface area contributed by atoms with Gasteiger partial charge in [-0.15, -0.1) is 11.3 Å². The summed E-state index contributed by atoms with van der Waals surface area (Å²) in [4.78, 5) is 17.4. The van der Waals surface area contributed by atoms with E-state index in [-0.39, 0.29) is 5.91 Å². The highest BCUT2D eigenvalue weighted by Gasteiger charge is 2.24. The summed E-state index contributed by atoms with van der Waals surface area (Å²) >= 11 is 1.71. The van der Waals surface area contributed by atoms with Gasteiger partial charge in [0.15, 0.2) is 0 Å². The summed E-state index contributed by atoms with van der Waals surface area (Å²) in [6, 6.07) is 10.1. The summed E-state index contributed by atoms with van der Waals surface area (Å²) in [5.74, 6) is -0.0603. The van der Waals surface area contributed by atoms with Gasteiger partial charge in [0.1, 0.15) is 0 Å². The lowest BCUT2D eigenvalue weighted by atomic mass is 10.1. The SMILES string of the molecule is Cc1c(C=C2C(=O)Nc3ccncc32)sc2ccccc12. The minimum Gasteiger partial charge on any atom is -0.321 e. The highest BCUT2D eigenvalue weighted by atomic mass is 32.1. The third-order valence-corrected chi connectivity index (χ3v) is 4.98. The summed E-state index contributed by atoms with van der Waals surface area (Å²) in [6.07, 6.45) is 5.40. The van der Waals surface area contributed by atoms with Crippen LogP contribution in [-0.4, -0.2) is 10.9 Å². The molecule has 1 aromatic carbocycles. The molecule has 0 unspecified atom stereocenters. The minimum atomic E-state index is -0.0603. The van der Waals surface area contributed by atoms with Crippen LogP contribution in [0.4, 0.5) is 5.69 Å². The van der Waals surface area contributed by atoms with Crippen LogP contribution in [0.1, 0.15) is 16.0 Å². The van der Waals surface area contributed by atoms with Crippen molar-refractivity contribution in [1.29, 1.82) is 0 Å². The Kier molecular flexibility index (Phi) is 2.65. The largest absolute Gasteiger partial charge is 0.321 e. The smallest absolute Gasteiger partial charge is 0.256 e. The van der Waals surface area contributed by atoms with Crippen molar-refractivity contribution in [3.8, 4) is 0 Å². The topological polar surface area (TPSA) is 42.0 Å². The zero-order valence-electron chi connectivity index (χ0n) is 11.4. The van der Waals surface area contributed by atoms with Gasteiger partial charge in [-0.25, -0.2) is 0 Å². The van der Waals surface area contributed by atoms with E-state index in [2.05, 4.69) is 29.4 Å². The molecule has 1 N–H and O–H groups in total. The molecule has 3 heterocycles. The van der Waals surface area contributed by atoms with Crippen molar-refractivity contribution in [3.05, 3.63) is 58.7 Å². The maximum atomic E-state index is 12.2. The fraction of sp³-hybridized carbons (Fsp3) is 0.0588. The standard InChI is InChI=1S/C17H12N2OS/c1-10-11-4-2-3-5-15(11)21-16(10)8-12-13-9-18-7-6-14(13)19-17(12)20/h2-9H,1H3,(H,19,20). The van der Waals surface area contributed by atoms with Gasteiger partial charge in [-0.1, -0.05) is 18.2 Å². The number of pyridine rings is 1. The number of benzene rings is 1. The zero-order chi connectivity index (χ0) is 14.4. The molecule has 0 saturated heterocycles. The Balaban J connectivity index is 1.91. The minimum absolute atomic E-state index is 0.0603. The number of aromatic nitrogens is 1. The molecule has 3 aromatic rings. The number of amides is 1. The van der Waals surface area contributed by atoms with Crippen molar-refractivity contribution in [2.75, 3.05) is 5.32 Å². The van der Waals surface area contributed by atoms with Crippen LogP contribution in [0.15, 0.2) is 42.7 Å². The first-order valence-corrected chi connectivity index (χ1v) is 7.51. The number of hydrogen-bond donors (Lipinski definition) is 1. The van der Waals surface area contributed by atoms with E-state index >= 15 is 0 Å². The molecule has 3 nitrogen and oxygen atoms in total. The Labute approximate surface area is 126 Å². The van der Waals surface area contributed by atoms with Gasteiger partial charge in [-0.3, -0.25) is 9.78 Å². The van der Waals surface area contributed by atoms with E-state index in [0.717, 1.165) is 16.1 Å². The molecule has 0 bridgehead atoms. The van der Waals surface area contributed by atoms with Crippen molar-refractivity contribution in [2.24, 2.45) is 0 Å². The van der Waals surface area contributed by atoms with Gasteiger partial charge in [-0.05, 0) is 36.1 Å². The number of anilines is 1. The maximum absolute atomic E-state index is 12.2. The first-order valence-electron chi connectivity index (χ1n) is 6.69. The molecule has 0 fully saturated rings. The van der Waals surface area contributed by atoms with Crippen molar-refractivity contribution in [1.82, 2.24) is 4.98 Å². The number of hydrogen-bond acceptors (Lipinski definition) is 3. The quantitative estimate of drug-likeness (QED) is 0.686. The summed E-state index contributed by atoms with van der Waals surface area (Å²) in [7, 11) is 0. The summed E-state index contributed by atoms with van der Waals surface area (Å²) in [5, 5.41) is 4.13. The second kappa shape index (κ2) is 4.53. The van der Waals surface area contributed by atoms with Crippen LogP contribution in [0.2, 0.25) is 0 Å². The fourth-order valence-corrected chi connectivity index (χ4v) is 3.79. The van der Waals surface area contributed by atoms with Crippen molar-refractivity contribution in [3.63, 3.8) is 0 Å². The van der Waals surface area contributed by atoms with Crippen molar-refractivity contribution in [2.45, 2.75) is 6.92 Å². The predicted octanol–water partition coefficient (Wildman–Crippen LogP) is 4.10. The monoisotopic (exact) mass is 292 g/mol. The summed E-state index contributed by atoms with van der Waals surface area (Å²) < 4.78 is 1.24. The van der Waals surface area contributed by atoms with Crippen LogP contribution in [0.3, 0.4) is 0 Å². The molecule has 2 aromatic heterocycles. The Morgan fingerprint density at radius 2 is 2.10 bits per heavy atom. The van der Waals surface area contributed by atoms with E-state index < -0.39 is 0 Å². The van der Waals surface area contributed by atoms with E-state index in [4.69, 9.17) is 0 Å². The molecule has 0 spiro atoms. The van der Waals surface area contributed by atoms with Gasteiger partial charge in [-0.2, -0.15) is 0 Å². The molecule has 0 saturated carbocycles. The molecule has 4 heteroatoms. The third kappa shape index (κ3) is 1.87. The Morgan fingerprint density at radius 3 is 2.95 bits per heavy atom. The van der Waals surface area contributed by atoms with Crippen LogP contribution in [0.25, 0.3) is 21.7 Å². The van der Waals surface area contributed by atoms with E-state index in [0.29, 0.717) is 5.57 Å². The van der Waals surface area contributed by atoms with Crippen LogP contribution in [-0.2, 0) is 4.79 Å². The maximum Gasteiger partial charge on any atom is 0.256 e. The lowest BCUT2D eigenvalue weighted by Gasteiger charge is -1.97. The van der Waals surface area contributed by atoms with Crippen LogP contribution < -0.4 is 5.32 Å². The highest BCUT2D eigenvalue weighted by Crippen LogP contribution is 2.36. The van der Waals surface area contributed by atoms with Gasteiger partial charge in [0, 0.05) is 27.5 Å². The van der Waals surface area contributed by atoms with Crippen LogP contribution >= 0.6 is 11.3 Å². The number of rotatable bonds is 1. The van der Waals surface area contributed by atoms with E-state index in [1.165, 1.54) is 15.6 Å². The molecule has 0 atom stereocenters. The van der Waals surface area contributed by atoms with Crippen LogP contribution in [0.5, 0.6) is 0 Å². The number of aryl methyl sites for hydroxylation is 1. The molecule has 0 aliphatic carbocycles. The normalized spacial score (nSPS) is 15.5. The number of nitrogens with zero attached hydrogens (tertiary/aromatic N) is 1. The average molecular weight is 292 g/mol. The average Bonchev–Trinajstić information content (AvgIpc) is 2.99. The number of carbonyl (C=O) groups excluding carboxylic acids is 1. The number of nitrogens with one attached hydrogen (secondary N) is 1. The Bertz CT molecular complexity index is 908. The fourth-order valence-electron chi connectivity index (χ4n) is 2.64. The molecule has 1 aliphatic rings. The first kappa shape index (κ1) is 12.3. The molecule has 21 heavy (non-hydrogen) atoms. The molecular weight excluding hydrogens is 280 g/mol. The second-order valence-corrected chi connectivity index (χ2v) is 6.10. The second-order valence-electron chi connectivity index (χ2n) is 5.02. The number of thiophene rings is 1. The van der Waals surface area contributed by atoms with Crippen molar-refractivity contribution >= 4 is 44.7 Å². The summed E-state index contributed by atoms with van der Waals surface area (Å²) in [5.41, 5.74) is 3.61. The molecular formula is C17H12N2OS. The first-order chi connectivity index (χ1) is 10.2. The van der Waals surface area contributed by atoms with Gasteiger partial charge < -0.3 is 5.32 Å². The summed E-state index contributed by atoms with van der Waals surface area (Å²) in [6.45, 7) is 2.10. The van der Waals surface area contributed by atoms with Gasteiger partial charge in [0.2, 0.25) is 0 Å². The van der Waals surface area contributed by atoms with Gasteiger partial charge in [0.25, 0.3) is 5.91 Å². The molecule has 102 valence electrons. The number of fused-ring (bicyclic) bond motifs is 2. The van der Waals surface area contributed by atoms with E-state index in [9.17, 15) is 4.79 Å². The van der Waals surface area contributed by atoms with Gasteiger partial charge >= 0.3 is 0 Å². The van der Waals surface area contributed by atoms with Crippen molar-refractivity contribution < 1.29 is 4.79 Å². The van der Waals surface area contributed by atoms with E-state index in [1.54, 1.807) is 23.7 Å².